The maximum absolute atomic E-state index is 13.0. The molecule has 0 saturated heterocycles. The average molecular weight is 346 g/mol. The number of carbonyl (C=O) groups excluding carboxylic acids is 1. The molecule has 0 radical (unpaired) electrons. The molecule has 1 aliphatic heterocycles. The zero-order valence-corrected chi connectivity index (χ0v) is 14.2. The number of nitriles is 1. The van der Waals surface area contributed by atoms with Crippen LogP contribution < -0.4 is 0 Å². The van der Waals surface area contributed by atoms with Gasteiger partial charge in [-0.05, 0) is 30.3 Å². The third kappa shape index (κ3) is 3.22. The Hall–Kier alpha value is -3.40. The number of hydrogen-bond acceptors (Lipinski definition) is 4. The molecule has 7 heteroatoms. The molecule has 130 valence electrons. The van der Waals surface area contributed by atoms with Gasteiger partial charge in [-0.25, -0.2) is 4.98 Å². The monoisotopic (exact) mass is 346 g/mol. The standard InChI is InChI=1S/C19H18N6O/c20-10-15-2-4-17(5-3-15)19(26)24-12-16(13-25-8-1-6-22-25)11-23-9-7-21-18(23)14-24/h1-9,16H,11-14H2/t16-/m1/s1. The predicted octanol–water partition coefficient (Wildman–Crippen LogP) is 1.92. The Labute approximate surface area is 151 Å². The van der Waals surface area contributed by atoms with Crippen LogP contribution in [0.25, 0.3) is 0 Å². The fourth-order valence-electron chi connectivity index (χ4n) is 3.35. The minimum absolute atomic E-state index is 0.0450. The van der Waals surface area contributed by atoms with Crippen molar-refractivity contribution in [1.82, 2.24) is 24.2 Å². The van der Waals surface area contributed by atoms with Crippen molar-refractivity contribution in [3.8, 4) is 6.07 Å². The Balaban J connectivity index is 1.59. The van der Waals surface area contributed by atoms with Crippen LogP contribution in [0.3, 0.4) is 0 Å². The molecule has 26 heavy (non-hydrogen) atoms. The second kappa shape index (κ2) is 6.84. The molecule has 0 fully saturated rings. The van der Waals surface area contributed by atoms with E-state index in [-0.39, 0.29) is 11.8 Å². The van der Waals surface area contributed by atoms with Gasteiger partial charge in [0, 0.05) is 55.9 Å². The first-order valence-electron chi connectivity index (χ1n) is 8.50. The normalized spacial score (nSPS) is 16.6. The smallest absolute Gasteiger partial charge is 0.254 e. The number of nitrogens with zero attached hydrogens (tertiary/aromatic N) is 6. The fraction of sp³-hybridized carbons (Fsp3) is 0.263. The van der Waals surface area contributed by atoms with E-state index in [9.17, 15) is 4.79 Å². The van der Waals surface area contributed by atoms with Crippen molar-refractivity contribution >= 4 is 5.91 Å². The van der Waals surface area contributed by atoms with Gasteiger partial charge in [0.15, 0.2) is 0 Å². The van der Waals surface area contributed by atoms with Crippen LogP contribution in [0.4, 0.5) is 0 Å². The van der Waals surface area contributed by atoms with Crippen molar-refractivity contribution in [3.63, 3.8) is 0 Å². The first-order chi connectivity index (χ1) is 12.7. The number of hydrogen-bond donors (Lipinski definition) is 0. The van der Waals surface area contributed by atoms with Crippen LogP contribution in [0.2, 0.25) is 0 Å². The number of amides is 1. The Morgan fingerprint density at radius 3 is 2.77 bits per heavy atom. The maximum atomic E-state index is 13.0. The van der Waals surface area contributed by atoms with Gasteiger partial charge in [-0.1, -0.05) is 0 Å². The Morgan fingerprint density at radius 1 is 1.19 bits per heavy atom. The van der Waals surface area contributed by atoms with Gasteiger partial charge in [0.2, 0.25) is 0 Å². The molecule has 3 aromatic rings. The molecule has 2 aromatic heterocycles. The van der Waals surface area contributed by atoms with Crippen molar-refractivity contribution in [2.75, 3.05) is 6.54 Å². The second-order valence-corrected chi connectivity index (χ2v) is 6.46. The molecular weight excluding hydrogens is 328 g/mol. The lowest BCUT2D eigenvalue weighted by Gasteiger charge is -2.24. The summed E-state index contributed by atoms with van der Waals surface area (Å²) in [4.78, 5) is 19.3. The summed E-state index contributed by atoms with van der Waals surface area (Å²) in [6.07, 6.45) is 7.43. The molecule has 1 atom stereocenters. The highest BCUT2D eigenvalue weighted by molar-refractivity contribution is 5.94. The van der Waals surface area contributed by atoms with Gasteiger partial charge in [-0.3, -0.25) is 9.48 Å². The van der Waals surface area contributed by atoms with Crippen LogP contribution in [0, 0.1) is 17.2 Å². The van der Waals surface area contributed by atoms with Gasteiger partial charge in [0.25, 0.3) is 5.91 Å². The Bertz CT molecular complexity index is 935. The highest BCUT2D eigenvalue weighted by Crippen LogP contribution is 2.19. The van der Waals surface area contributed by atoms with E-state index in [0.717, 1.165) is 18.9 Å². The molecule has 0 saturated carbocycles. The predicted molar refractivity (Wildman–Crippen MR) is 93.8 cm³/mol. The summed E-state index contributed by atoms with van der Waals surface area (Å²) in [6.45, 7) is 2.64. The zero-order valence-electron chi connectivity index (χ0n) is 14.2. The molecule has 0 bridgehead atoms. The van der Waals surface area contributed by atoms with Gasteiger partial charge >= 0.3 is 0 Å². The molecular formula is C19H18N6O. The molecule has 0 aliphatic carbocycles. The Kier molecular flexibility index (Phi) is 4.23. The van der Waals surface area contributed by atoms with Crippen LogP contribution in [0.1, 0.15) is 21.7 Å². The first-order valence-corrected chi connectivity index (χ1v) is 8.50. The third-order valence-corrected chi connectivity index (χ3v) is 4.62. The van der Waals surface area contributed by atoms with Crippen LogP contribution in [-0.2, 0) is 19.6 Å². The van der Waals surface area contributed by atoms with E-state index < -0.39 is 0 Å². The summed E-state index contributed by atoms with van der Waals surface area (Å²) in [5.41, 5.74) is 1.13. The van der Waals surface area contributed by atoms with Crippen molar-refractivity contribution in [3.05, 3.63) is 72.1 Å². The molecule has 1 amide bonds. The Morgan fingerprint density at radius 2 is 2.04 bits per heavy atom. The van der Waals surface area contributed by atoms with Crippen molar-refractivity contribution in [2.45, 2.75) is 19.6 Å². The lowest BCUT2D eigenvalue weighted by atomic mass is 10.1. The quantitative estimate of drug-likeness (QED) is 0.726. The molecule has 0 N–H and O–H groups in total. The van der Waals surface area contributed by atoms with Gasteiger partial charge in [-0.2, -0.15) is 10.4 Å². The van der Waals surface area contributed by atoms with Crippen LogP contribution >= 0.6 is 0 Å². The van der Waals surface area contributed by atoms with E-state index in [1.54, 1.807) is 36.7 Å². The van der Waals surface area contributed by atoms with E-state index in [1.165, 1.54) is 0 Å². The number of benzene rings is 1. The topological polar surface area (TPSA) is 79.7 Å². The summed E-state index contributed by atoms with van der Waals surface area (Å²) in [7, 11) is 0. The van der Waals surface area contributed by atoms with E-state index in [1.807, 2.05) is 28.0 Å². The van der Waals surface area contributed by atoms with Crippen LogP contribution in [0.5, 0.6) is 0 Å². The number of aromatic nitrogens is 4. The molecule has 0 unspecified atom stereocenters. The van der Waals surface area contributed by atoms with E-state index in [0.29, 0.717) is 24.2 Å². The molecule has 0 spiro atoms. The summed E-state index contributed by atoms with van der Waals surface area (Å²) >= 11 is 0. The number of imidazole rings is 1. The molecule has 4 rings (SSSR count). The van der Waals surface area contributed by atoms with Crippen LogP contribution in [-0.4, -0.2) is 36.7 Å². The minimum atomic E-state index is -0.0450. The summed E-state index contributed by atoms with van der Waals surface area (Å²) < 4.78 is 4.01. The lowest BCUT2D eigenvalue weighted by Crippen LogP contribution is -2.35. The van der Waals surface area contributed by atoms with Crippen LogP contribution in [0.15, 0.2) is 55.1 Å². The molecule has 1 aliphatic rings. The lowest BCUT2D eigenvalue weighted by molar-refractivity contribution is 0.0712. The van der Waals surface area contributed by atoms with Gasteiger partial charge < -0.3 is 9.47 Å². The minimum Gasteiger partial charge on any atom is -0.333 e. The number of rotatable bonds is 3. The molecule has 7 nitrogen and oxygen atoms in total. The summed E-state index contributed by atoms with van der Waals surface area (Å²) in [5.74, 6) is 1.07. The highest BCUT2D eigenvalue weighted by atomic mass is 16.2. The van der Waals surface area contributed by atoms with Crippen molar-refractivity contribution < 1.29 is 4.79 Å². The van der Waals surface area contributed by atoms with E-state index in [2.05, 4.69) is 20.7 Å². The average Bonchev–Trinajstić information content (AvgIpc) is 3.30. The first kappa shape index (κ1) is 16.1. The maximum Gasteiger partial charge on any atom is 0.254 e. The fourth-order valence-corrected chi connectivity index (χ4v) is 3.35. The molecule has 1 aromatic carbocycles. The van der Waals surface area contributed by atoms with Crippen molar-refractivity contribution in [2.24, 2.45) is 5.92 Å². The van der Waals surface area contributed by atoms with Gasteiger partial charge in [0.05, 0.1) is 18.2 Å². The number of carbonyl (C=O) groups is 1. The van der Waals surface area contributed by atoms with Gasteiger partial charge in [0.1, 0.15) is 5.82 Å². The zero-order chi connectivity index (χ0) is 17.9. The second-order valence-electron chi connectivity index (χ2n) is 6.46. The number of fused-ring (bicyclic) bond motifs is 1. The summed E-state index contributed by atoms with van der Waals surface area (Å²) in [6, 6.07) is 10.7. The highest BCUT2D eigenvalue weighted by Gasteiger charge is 2.26. The molecule has 3 heterocycles. The SMILES string of the molecule is N#Cc1ccc(C(=O)N2Cc3nccn3C[C@@H](Cn3cccn3)C2)cc1. The van der Waals surface area contributed by atoms with Gasteiger partial charge in [-0.15, -0.1) is 0 Å². The van der Waals surface area contributed by atoms with E-state index >= 15 is 0 Å². The summed E-state index contributed by atoms with van der Waals surface area (Å²) in [5, 5.41) is 13.2. The van der Waals surface area contributed by atoms with E-state index in [4.69, 9.17) is 5.26 Å². The third-order valence-electron chi connectivity index (χ3n) is 4.62. The largest absolute Gasteiger partial charge is 0.333 e. The van der Waals surface area contributed by atoms with Crippen molar-refractivity contribution in [1.29, 1.82) is 5.26 Å².